The summed E-state index contributed by atoms with van der Waals surface area (Å²) in [5.41, 5.74) is 1.91. The van der Waals surface area contributed by atoms with Crippen LogP contribution in [0, 0.1) is 17.8 Å². The minimum absolute atomic E-state index is 0.0518. The van der Waals surface area contributed by atoms with E-state index < -0.39 is 11.9 Å². The van der Waals surface area contributed by atoms with E-state index in [0.29, 0.717) is 24.6 Å². The summed E-state index contributed by atoms with van der Waals surface area (Å²) >= 11 is 1.74. The van der Waals surface area contributed by atoms with Crippen molar-refractivity contribution in [3.8, 4) is 0 Å². The lowest BCUT2D eigenvalue weighted by Crippen LogP contribution is -2.29. The number of carbonyl (C=O) groups is 2. The largest absolute Gasteiger partial charge is 0.481 e. The van der Waals surface area contributed by atoms with Gasteiger partial charge in [0.05, 0.1) is 5.92 Å². The van der Waals surface area contributed by atoms with E-state index in [2.05, 4.69) is 12.1 Å². The number of rotatable bonds is 6. The maximum atomic E-state index is 12.8. The van der Waals surface area contributed by atoms with Crippen molar-refractivity contribution in [3.05, 3.63) is 65.7 Å². The number of likely N-dealkylation sites (tertiary alicyclic amines) is 1. The summed E-state index contributed by atoms with van der Waals surface area (Å²) in [5.74, 6) is 0.262. The second-order valence-electron chi connectivity index (χ2n) is 7.45. The van der Waals surface area contributed by atoms with Crippen LogP contribution in [0.3, 0.4) is 0 Å². The zero-order valence-electron chi connectivity index (χ0n) is 15.1. The first-order chi connectivity index (χ1) is 13.1. The van der Waals surface area contributed by atoms with Gasteiger partial charge in [0.15, 0.2) is 0 Å². The number of hydrogen-bond acceptors (Lipinski definition) is 3. The first-order valence-corrected chi connectivity index (χ1v) is 10.4. The lowest BCUT2D eigenvalue weighted by atomic mass is 9.92. The number of aliphatic carboxylic acids is 1. The lowest BCUT2D eigenvalue weighted by molar-refractivity contribution is -0.142. The van der Waals surface area contributed by atoms with Crippen molar-refractivity contribution in [1.82, 2.24) is 4.90 Å². The van der Waals surface area contributed by atoms with Gasteiger partial charge in [-0.05, 0) is 54.5 Å². The third-order valence-corrected chi connectivity index (χ3v) is 6.63. The van der Waals surface area contributed by atoms with E-state index in [1.807, 2.05) is 42.5 Å². The molecule has 1 saturated carbocycles. The molecule has 1 heterocycles. The van der Waals surface area contributed by atoms with Gasteiger partial charge in [-0.1, -0.05) is 30.3 Å². The van der Waals surface area contributed by atoms with Crippen LogP contribution >= 0.6 is 11.8 Å². The second-order valence-corrected chi connectivity index (χ2v) is 8.50. The smallest absolute Gasteiger partial charge is 0.308 e. The van der Waals surface area contributed by atoms with E-state index >= 15 is 0 Å². The Hall–Kier alpha value is -2.27. The number of hydrogen-bond donors (Lipinski definition) is 1. The number of carboxylic acids is 1. The Morgan fingerprint density at radius 2 is 1.70 bits per heavy atom. The molecule has 4 rings (SSSR count). The molecule has 1 N–H and O–H groups in total. The van der Waals surface area contributed by atoms with E-state index in [1.54, 1.807) is 16.7 Å². The molecule has 4 nitrogen and oxygen atoms in total. The predicted octanol–water partition coefficient (Wildman–Crippen LogP) is 4.16. The first kappa shape index (κ1) is 18.1. The average Bonchev–Trinajstić information content (AvgIpc) is 3.45. The molecule has 2 aromatic rings. The summed E-state index contributed by atoms with van der Waals surface area (Å²) in [7, 11) is 0. The fraction of sp³-hybridized carbons (Fsp3) is 0.364. The van der Waals surface area contributed by atoms with Crippen LogP contribution in [0.4, 0.5) is 0 Å². The van der Waals surface area contributed by atoms with Crippen molar-refractivity contribution < 1.29 is 14.7 Å². The number of benzene rings is 2. The van der Waals surface area contributed by atoms with Gasteiger partial charge in [-0.15, -0.1) is 11.8 Å². The molecule has 1 saturated heterocycles. The van der Waals surface area contributed by atoms with Crippen LogP contribution in [0.5, 0.6) is 0 Å². The van der Waals surface area contributed by atoms with E-state index in [9.17, 15) is 14.7 Å². The van der Waals surface area contributed by atoms with E-state index in [1.165, 1.54) is 5.56 Å². The molecule has 0 spiro atoms. The zero-order valence-corrected chi connectivity index (χ0v) is 15.9. The Bertz CT molecular complexity index is 817. The molecule has 0 bridgehead atoms. The number of amides is 1. The Balaban J connectivity index is 1.38. The highest BCUT2D eigenvalue weighted by Gasteiger charge is 2.46. The molecule has 5 heteroatoms. The van der Waals surface area contributed by atoms with Crippen LogP contribution in [0.25, 0.3) is 0 Å². The highest BCUT2D eigenvalue weighted by Crippen LogP contribution is 2.44. The summed E-state index contributed by atoms with van der Waals surface area (Å²) < 4.78 is 0. The molecule has 2 fully saturated rings. The van der Waals surface area contributed by atoms with E-state index in [0.717, 1.165) is 23.5 Å². The minimum atomic E-state index is -0.769. The van der Waals surface area contributed by atoms with E-state index in [4.69, 9.17) is 0 Å². The first-order valence-electron chi connectivity index (χ1n) is 9.40. The quantitative estimate of drug-likeness (QED) is 0.764. The van der Waals surface area contributed by atoms with Crippen LogP contribution in [-0.2, 0) is 10.5 Å². The van der Waals surface area contributed by atoms with Gasteiger partial charge in [0.2, 0.25) is 0 Å². The third kappa shape index (κ3) is 4.19. The second kappa shape index (κ2) is 7.77. The van der Waals surface area contributed by atoms with Crippen LogP contribution in [0.15, 0.2) is 59.5 Å². The normalized spacial score (nSPS) is 22.0. The zero-order chi connectivity index (χ0) is 18.8. The van der Waals surface area contributed by atoms with Crippen LogP contribution in [-0.4, -0.2) is 35.0 Å². The maximum absolute atomic E-state index is 12.8. The highest BCUT2D eigenvalue weighted by molar-refractivity contribution is 7.98. The number of carbonyl (C=O) groups excluding carboxylic acids is 1. The van der Waals surface area contributed by atoms with Gasteiger partial charge in [-0.3, -0.25) is 9.59 Å². The molecule has 1 aliphatic heterocycles. The topological polar surface area (TPSA) is 57.6 Å². The van der Waals surface area contributed by atoms with Crippen LogP contribution in [0.2, 0.25) is 0 Å². The molecule has 1 amide bonds. The number of carboxylic acid groups (broad SMARTS) is 1. The highest BCUT2D eigenvalue weighted by atomic mass is 32.2. The van der Waals surface area contributed by atoms with Crippen molar-refractivity contribution in [2.45, 2.75) is 23.5 Å². The fourth-order valence-corrected chi connectivity index (χ4v) is 4.73. The molecule has 2 aromatic carbocycles. The van der Waals surface area contributed by atoms with E-state index in [-0.39, 0.29) is 11.8 Å². The predicted molar refractivity (Wildman–Crippen MR) is 106 cm³/mol. The van der Waals surface area contributed by atoms with Crippen molar-refractivity contribution in [1.29, 1.82) is 0 Å². The molecule has 2 atom stereocenters. The molecule has 0 aromatic heterocycles. The van der Waals surface area contributed by atoms with Crippen molar-refractivity contribution in [2.75, 3.05) is 13.1 Å². The standard InChI is InChI=1S/C22H23NO3S/c24-21(23-12-19(16-6-7-16)20(13-23)22(25)26)17-8-10-18(11-9-17)27-14-15-4-2-1-3-5-15/h1-5,8-11,16,19-20H,6-7,12-14H2,(H,25,26)/t19-,20+/m1/s1. The molecule has 27 heavy (non-hydrogen) atoms. The SMILES string of the molecule is O=C(O)[C@H]1CN(C(=O)c2ccc(SCc3ccccc3)cc2)C[C@@H]1C1CC1. The van der Waals surface area contributed by atoms with Gasteiger partial charge in [-0.2, -0.15) is 0 Å². The lowest BCUT2D eigenvalue weighted by Gasteiger charge is -2.16. The monoisotopic (exact) mass is 381 g/mol. The minimum Gasteiger partial charge on any atom is -0.481 e. The van der Waals surface area contributed by atoms with Gasteiger partial charge < -0.3 is 10.0 Å². The number of nitrogens with zero attached hydrogens (tertiary/aromatic N) is 1. The van der Waals surface area contributed by atoms with Crippen molar-refractivity contribution >= 4 is 23.6 Å². The summed E-state index contributed by atoms with van der Waals surface area (Å²) in [6.45, 7) is 0.908. The Morgan fingerprint density at radius 1 is 1.00 bits per heavy atom. The summed E-state index contributed by atoms with van der Waals surface area (Å²) in [6.07, 6.45) is 2.20. The summed E-state index contributed by atoms with van der Waals surface area (Å²) in [5, 5.41) is 9.48. The molecule has 0 radical (unpaired) electrons. The molecule has 2 aliphatic rings. The molecule has 0 unspecified atom stereocenters. The molecular formula is C22H23NO3S. The Labute approximate surface area is 163 Å². The van der Waals surface area contributed by atoms with Gasteiger partial charge in [0.1, 0.15) is 0 Å². The average molecular weight is 381 g/mol. The van der Waals surface area contributed by atoms with Crippen LogP contribution in [0.1, 0.15) is 28.8 Å². The van der Waals surface area contributed by atoms with Crippen molar-refractivity contribution in [2.24, 2.45) is 17.8 Å². The molecule has 140 valence electrons. The third-order valence-electron chi connectivity index (χ3n) is 5.55. The van der Waals surface area contributed by atoms with Gasteiger partial charge in [0, 0.05) is 29.3 Å². The molecule has 1 aliphatic carbocycles. The van der Waals surface area contributed by atoms with Crippen LogP contribution < -0.4 is 0 Å². The summed E-state index contributed by atoms with van der Waals surface area (Å²) in [4.78, 5) is 27.2. The van der Waals surface area contributed by atoms with Gasteiger partial charge in [0.25, 0.3) is 5.91 Å². The van der Waals surface area contributed by atoms with Gasteiger partial charge in [-0.25, -0.2) is 0 Å². The maximum Gasteiger partial charge on any atom is 0.308 e. The fourth-order valence-electron chi connectivity index (χ4n) is 3.88. The Kier molecular flexibility index (Phi) is 5.21. The number of thioether (sulfide) groups is 1. The summed E-state index contributed by atoms with van der Waals surface area (Å²) in [6, 6.07) is 18.0. The van der Waals surface area contributed by atoms with Crippen molar-refractivity contribution in [3.63, 3.8) is 0 Å². The molecular weight excluding hydrogens is 358 g/mol. The van der Waals surface area contributed by atoms with Gasteiger partial charge >= 0.3 is 5.97 Å². The Morgan fingerprint density at radius 3 is 2.33 bits per heavy atom.